The van der Waals surface area contributed by atoms with E-state index in [4.69, 9.17) is 5.11 Å². The van der Waals surface area contributed by atoms with Gasteiger partial charge in [0.1, 0.15) is 11.3 Å². The molecule has 0 aliphatic rings. The minimum atomic E-state index is -4.06. The van der Waals surface area contributed by atoms with Crippen molar-refractivity contribution in [1.82, 2.24) is 0 Å². The minimum Gasteiger partial charge on any atom is -0.507 e. The highest BCUT2D eigenvalue weighted by atomic mass is 32.2. The Bertz CT molecular complexity index is 876. The molecule has 2 aromatic rings. The largest absolute Gasteiger partial charge is 0.507 e. The van der Waals surface area contributed by atoms with E-state index in [1.807, 2.05) is 0 Å². The highest BCUT2D eigenvalue weighted by Gasteiger charge is 2.18. The minimum absolute atomic E-state index is 0.0708. The van der Waals surface area contributed by atoms with Crippen molar-refractivity contribution in [2.45, 2.75) is 4.90 Å². The summed E-state index contributed by atoms with van der Waals surface area (Å²) in [4.78, 5) is 20.6. The number of rotatable bonds is 5. The van der Waals surface area contributed by atoms with Crippen molar-refractivity contribution in [3.63, 3.8) is 0 Å². The molecule has 0 aliphatic heterocycles. The molecular formula is C13H10N2O7S. The molecule has 0 fully saturated rings. The summed E-state index contributed by atoms with van der Waals surface area (Å²) < 4.78 is 26.4. The Morgan fingerprint density at radius 2 is 1.74 bits per heavy atom. The van der Waals surface area contributed by atoms with Crippen LogP contribution in [0, 0.1) is 10.1 Å². The van der Waals surface area contributed by atoms with E-state index in [1.54, 1.807) is 0 Å². The first-order chi connectivity index (χ1) is 10.7. The number of aromatic carboxylic acids is 1. The number of carboxylic acids is 1. The number of carboxylic acid groups (broad SMARTS) is 1. The molecule has 0 saturated carbocycles. The molecule has 0 aromatic heterocycles. The molecule has 0 unspecified atom stereocenters. The fourth-order valence-corrected chi connectivity index (χ4v) is 2.78. The Morgan fingerprint density at radius 3 is 2.26 bits per heavy atom. The van der Waals surface area contributed by atoms with Gasteiger partial charge in [-0.25, -0.2) is 13.2 Å². The van der Waals surface area contributed by atoms with Gasteiger partial charge in [-0.05, 0) is 30.3 Å². The highest BCUT2D eigenvalue weighted by molar-refractivity contribution is 7.92. The fourth-order valence-electron chi connectivity index (χ4n) is 1.73. The molecule has 10 heteroatoms. The maximum atomic E-state index is 12.2. The van der Waals surface area contributed by atoms with Gasteiger partial charge in [0, 0.05) is 17.8 Å². The lowest BCUT2D eigenvalue weighted by Crippen LogP contribution is -2.13. The molecule has 0 amide bonds. The molecule has 0 aliphatic carbocycles. The Kier molecular flexibility index (Phi) is 4.18. The molecule has 0 radical (unpaired) electrons. The van der Waals surface area contributed by atoms with Gasteiger partial charge in [-0.1, -0.05) is 0 Å². The second kappa shape index (κ2) is 5.93. The van der Waals surface area contributed by atoms with Gasteiger partial charge in [0.15, 0.2) is 0 Å². The molecule has 0 spiro atoms. The van der Waals surface area contributed by atoms with Crippen molar-refractivity contribution in [1.29, 1.82) is 0 Å². The lowest BCUT2D eigenvalue weighted by molar-refractivity contribution is -0.384. The molecule has 0 saturated heterocycles. The first kappa shape index (κ1) is 16.2. The van der Waals surface area contributed by atoms with Gasteiger partial charge in [-0.2, -0.15) is 0 Å². The van der Waals surface area contributed by atoms with Gasteiger partial charge in [-0.15, -0.1) is 0 Å². The van der Waals surface area contributed by atoms with Crippen molar-refractivity contribution >= 4 is 27.4 Å². The van der Waals surface area contributed by atoms with Crippen LogP contribution in [-0.4, -0.2) is 29.5 Å². The van der Waals surface area contributed by atoms with Crippen LogP contribution in [-0.2, 0) is 10.0 Å². The lowest BCUT2D eigenvalue weighted by atomic mass is 10.2. The van der Waals surface area contributed by atoms with Crippen LogP contribution in [0.3, 0.4) is 0 Å². The zero-order valence-corrected chi connectivity index (χ0v) is 12.1. The lowest BCUT2D eigenvalue weighted by Gasteiger charge is -2.09. The summed E-state index contributed by atoms with van der Waals surface area (Å²) in [6.45, 7) is 0. The average molecular weight is 338 g/mol. The van der Waals surface area contributed by atoms with Crippen molar-refractivity contribution in [3.05, 3.63) is 58.1 Å². The van der Waals surface area contributed by atoms with E-state index in [9.17, 15) is 28.4 Å². The molecule has 2 aromatic carbocycles. The number of aromatic hydroxyl groups is 1. The van der Waals surface area contributed by atoms with Gasteiger partial charge in [0.2, 0.25) is 0 Å². The van der Waals surface area contributed by atoms with E-state index < -0.39 is 32.2 Å². The van der Waals surface area contributed by atoms with E-state index in [1.165, 1.54) is 6.07 Å². The third-order valence-electron chi connectivity index (χ3n) is 2.84. The number of hydrogen-bond acceptors (Lipinski definition) is 6. The Labute approximate surface area is 130 Å². The Hall–Kier alpha value is -3.14. The molecule has 2 rings (SSSR count). The van der Waals surface area contributed by atoms with Crippen molar-refractivity contribution in [3.8, 4) is 5.75 Å². The standard InChI is InChI=1S/C13H10N2O7S/c16-12-6-1-8(7-11(12)13(17)18)14-23(21,22)10-4-2-9(3-5-10)15(19)20/h1-7,14,16H,(H,17,18). The van der Waals surface area contributed by atoms with E-state index in [0.29, 0.717) is 0 Å². The summed E-state index contributed by atoms with van der Waals surface area (Å²) in [5.41, 5.74) is -0.797. The van der Waals surface area contributed by atoms with Crippen LogP contribution in [0.5, 0.6) is 5.75 Å². The summed E-state index contributed by atoms with van der Waals surface area (Å²) in [7, 11) is -4.06. The number of nitro groups is 1. The van der Waals surface area contributed by atoms with Gasteiger partial charge < -0.3 is 10.2 Å². The first-order valence-electron chi connectivity index (χ1n) is 6.04. The predicted molar refractivity (Wildman–Crippen MR) is 79.0 cm³/mol. The third kappa shape index (κ3) is 3.55. The van der Waals surface area contributed by atoms with E-state index in [0.717, 1.165) is 36.4 Å². The summed E-state index contributed by atoms with van der Waals surface area (Å²) >= 11 is 0. The number of hydrogen-bond donors (Lipinski definition) is 3. The summed E-state index contributed by atoms with van der Waals surface area (Å²) in [6, 6.07) is 7.36. The smallest absolute Gasteiger partial charge is 0.339 e. The monoisotopic (exact) mass is 338 g/mol. The maximum Gasteiger partial charge on any atom is 0.339 e. The highest BCUT2D eigenvalue weighted by Crippen LogP contribution is 2.24. The van der Waals surface area contributed by atoms with Crippen LogP contribution in [0.1, 0.15) is 10.4 Å². The SMILES string of the molecule is O=C(O)c1cc(NS(=O)(=O)c2ccc([N+](=O)[O-])cc2)ccc1O. The molecular weight excluding hydrogens is 328 g/mol. The molecule has 0 atom stereocenters. The number of anilines is 1. The van der Waals surface area contributed by atoms with E-state index in [-0.39, 0.29) is 16.3 Å². The summed E-state index contributed by atoms with van der Waals surface area (Å²) in [5.74, 6) is -1.92. The van der Waals surface area contributed by atoms with Crippen molar-refractivity contribution in [2.24, 2.45) is 0 Å². The van der Waals surface area contributed by atoms with Crippen molar-refractivity contribution in [2.75, 3.05) is 4.72 Å². The maximum absolute atomic E-state index is 12.2. The van der Waals surface area contributed by atoms with Crippen LogP contribution in [0.25, 0.3) is 0 Å². The van der Waals surface area contributed by atoms with E-state index in [2.05, 4.69) is 4.72 Å². The number of nitrogens with zero attached hydrogens (tertiary/aromatic N) is 1. The number of phenols is 1. The van der Waals surface area contributed by atoms with Crippen LogP contribution < -0.4 is 4.72 Å². The van der Waals surface area contributed by atoms with Crippen LogP contribution >= 0.6 is 0 Å². The van der Waals surface area contributed by atoms with Crippen LogP contribution in [0.2, 0.25) is 0 Å². The van der Waals surface area contributed by atoms with Gasteiger partial charge >= 0.3 is 5.97 Å². The number of carbonyl (C=O) groups is 1. The average Bonchev–Trinajstić information content (AvgIpc) is 2.48. The molecule has 0 bridgehead atoms. The third-order valence-corrected chi connectivity index (χ3v) is 4.23. The quantitative estimate of drug-likeness (QED) is 0.428. The summed E-state index contributed by atoms with van der Waals surface area (Å²) in [6.07, 6.45) is 0. The number of sulfonamides is 1. The molecule has 0 heterocycles. The van der Waals surface area contributed by atoms with Crippen LogP contribution in [0.15, 0.2) is 47.4 Å². The fraction of sp³-hybridized carbons (Fsp3) is 0. The molecule has 9 nitrogen and oxygen atoms in total. The second-order valence-corrected chi connectivity index (χ2v) is 6.08. The normalized spacial score (nSPS) is 11.0. The van der Waals surface area contributed by atoms with Crippen molar-refractivity contribution < 1.29 is 28.3 Å². The Morgan fingerprint density at radius 1 is 1.13 bits per heavy atom. The summed E-state index contributed by atoms with van der Waals surface area (Å²) in [5, 5.41) is 28.8. The number of nitrogens with one attached hydrogen (secondary N) is 1. The molecule has 3 N–H and O–H groups in total. The van der Waals surface area contributed by atoms with Gasteiger partial charge in [-0.3, -0.25) is 14.8 Å². The first-order valence-corrected chi connectivity index (χ1v) is 7.52. The number of benzene rings is 2. The molecule has 120 valence electrons. The van der Waals surface area contributed by atoms with Gasteiger partial charge in [0.05, 0.1) is 9.82 Å². The van der Waals surface area contributed by atoms with Crippen LogP contribution in [0.4, 0.5) is 11.4 Å². The Balaban J connectivity index is 2.33. The number of non-ortho nitro benzene ring substituents is 1. The van der Waals surface area contributed by atoms with E-state index >= 15 is 0 Å². The zero-order valence-electron chi connectivity index (χ0n) is 11.3. The second-order valence-electron chi connectivity index (χ2n) is 4.39. The topological polar surface area (TPSA) is 147 Å². The molecule has 23 heavy (non-hydrogen) atoms. The van der Waals surface area contributed by atoms with Gasteiger partial charge in [0.25, 0.3) is 15.7 Å². The predicted octanol–water partition coefficient (Wildman–Crippen LogP) is 1.80. The zero-order chi connectivity index (χ0) is 17.2. The number of nitro benzene ring substituents is 1.